The van der Waals surface area contributed by atoms with Gasteiger partial charge in [-0.25, -0.2) is 0 Å². The first-order valence-electron chi connectivity index (χ1n) is 12.7. The Morgan fingerprint density at radius 2 is 0.750 bits per heavy atom. The van der Waals surface area contributed by atoms with Gasteiger partial charge in [-0.05, 0) is 49.7 Å². The van der Waals surface area contributed by atoms with Gasteiger partial charge in [0.2, 0.25) is 0 Å². The number of hydrogen-bond acceptors (Lipinski definition) is 3. The minimum atomic E-state index is -8.92. The van der Waals surface area contributed by atoms with E-state index in [9.17, 15) is 83.1 Å². The van der Waals surface area contributed by atoms with Gasteiger partial charge in [-0.2, -0.15) is 83.1 Å². The van der Waals surface area contributed by atoms with E-state index in [0.717, 1.165) is 24.3 Å². The Bertz CT molecular complexity index is 1490. The number of benzene rings is 2. The van der Waals surface area contributed by atoms with Crippen LogP contribution < -0.4 is 20.2 Å². The van der Waals surface area contributed by atoms with Crippen molar-refractivity contribution in [1.82, 2.24) is 0 Å². The predicted octanol–water partition coefficient (Wildman–Crippen LogP) is 6.83. The van der Waals surface area contributed by atoms with Crippen LogP contribution >= 0.6 is 0 Å². The van der Waals surface area contributed by atoms with E-state index in [2.05, 4.69) is 2.51 Å². The van der Waals surface area contributed by atoms with Crippen LogP contribution in [0, 0.1) is 7.14 Å². The number of alkyl halides is 17. The molecule has 2 aromatic carbocycles. The van der Waals surface area contributed by atoms with Gasteiger partial charge in [0, 0.05) is 0 Å². The molecule has 1 radical (unpaired) electrons. The lowest BCUT2D eigenvalue weighted by molar-refractivity contribution is -1.03. The Labute approximate surface area is 268 Å². The normalized spacial score (nSPS) is 15.2. The summed E-state index contributed by atoms with van der Waals surface area (Å²) in [6.45, 7) is 6.66. The van der Waals surface area contributed by atoms with Gasteiger partial charge in [0.25, 0.3) is 0 Å². The second-order valence-electron chi connectivity index (χ2n) is 10.6. The van der Waals surface area contributed by atoms with Crippen molar-refractivity contribution in [1.29, 1.82) is 0 Å². The second kappa shape index (κ2) is 12.9. The summed E-state index contributed by atoms with van der Waals surface area (Å²) in [4.78, 5) is 0. The first-order chi connectivity index (χ1) is 21.2. The van der Waals surface area contributed by atoms with Gasteiger partial charge >= 0.3 is 77.3 Å². The van der Waals surface area contributed by atoms with E-state index in [-0.39, 0.29) is 19.0 Å². The summed E-state index contributed by atoms with van der Waals surface area (Å²) in [6.07, 6.45) is -7.91. The standard InChI is InChI=1S/C26H22F17IO3S/c1-13(2)15-5-9-17(10-6-15)44(18-11-7-16(8-12-18)14(3)4)47-48(45,46)26(42,43)24(37,38)22(33,34)20(29,30)19(27,28)21(31,32)23(35,36)25(39,40)41/h5-14H,1-4H3/q+1. The molecule has 0 N–H and O–H groups in total. The summed E-state index contributed by atoms with van der Waals surface area (Å²) in [6, 6.07) is 9.33. The highest BCUT2D eigenvalue weighted by molar-refractivity contribution is 7.87. The van der Waals surface area contributed by atoms with Crippen molar-refractivity contribution in [2.24, 2.45) is 0 Å². The summed E-state index contributed by atoms with van der Waals surface area (Å²) in [5.74, 6) is -52.5. The maximum absolute atomic E-state index is 14.8. The molecule has 0 aliphatic heterocycles. The zero-order chi connectivity index (χ0) is 37.9. The lowest BCUT2D eigenvalue weighted by Crippen LogP contribution is -3.85. The Hall–Kier alpha value is -2.11. The highest BCUT2D eigenvalue weighted by Crippen LogP contribution is 2.64. The zero-order valence-electron chi connectivity index (χ0n) is 24.2. The third-order valence-electron chi connectivity index (χ3n) is 6.62. The van der Waals surface area contributed by atoms with Crippen LogP contribution in [0.4, 0.5) is 74.6 Å². The van der Waals surface area contributed by atoms with Crippen molar-refractivity contribution < 1.29 is 106 Å². The first-order valence-corrected chi connectivity index (χ1v) is 17.2. The van der Waals surface area contributed by atoms with Crippen LogP contribution in [0.3, 0.4) is 0 Å². The van der Waals surface area contributed by atoms with Gasteiger partial charge in [-0.3, -0.25) is 0 Å². The van der Waals surface area contributed by atoms with Crippen molar-refractivity contribution in [3.63, 3.8) is 0 Å². The molecule has 2 aromatic rings. The third kappa shape index (κ3) is 6.57. The maximum Gasteiger partial charge on any atom is 0.460 e. The van der Waals surface area contributed by atoms with E-state index in [1.54, 1.807) is 27.7 Å². The van der Waals surface area contributed by atoms with Crippen LogP contribution in [0.2, 0.25) is 0 Å². The molecule has 0 aliphatic rings. The van der Waals surface area contributed by atoms with Crippen LogP contribution in [0.1, 0.15) is 50.7 Å². The van der Waals surface area contributed by atoms with Crippen LogP contribution in [0.25, 0.3) is 0 Å². The fraction of sp³-hybridized carbons (Fsp3) is 0.538. The lowest BCUT2D eigenvalue weighted by Gasteiger charge is -2.42. The molecule has 2 rings (SSSR count). The fourth-order valence-corrected chi connectivity index (χ4v) is 10.5. The van der Waals surface area contributed by atoms with Crippen LogP contribution in [0.5, 0.6) is 0 Å². The molecule has 3 nitrogen and oxygen atoms in total. The molecule has 0 fully saturated rings. The van der Waals surface area contributed by atoms with Crippen molar-refractivity contribution in [3.8, 4) is 0 Å². The van der Waals surface area contributed by atoms with E-state index in [0.29, 0.717) is 11.1 Å². The minimum absolute atomic E-state index is 0.204. The largest absolute Gasteiger partial charge is 0.460 e. The molecule has 22 heteroatoms. The first kappa shape index (κ1) is 42.1. The molecule has 48 heavy (non-hydrogen) atoms. The average Bonchev–Trinajstić information content (AvgIpc) is 2.94. The quantitative estimate of drug-likeness (QED) is 0.164. The lowest BCUT2D eigenvalue weighted by atomic mass is 9.91. The summed E-state index contributed by atoms with van der Waals surface area (Å²) in [5, 5.41) is -7.75. The molecule has 0 unspecified atom stereocenters. The highest BCUT2D eigenvalue weighted by Gasteiger charge is 2.96. The van der Waals surface area contributed by atoms with Crippen LogP contribution in [0.15, 0.2) is 48.5 Å². The maximum atomic E-state index is 14.8. The second-order valence-corrected chi connectivity index (χ2v) is 17.2. The smallest absolute Gasteiger partial charge is 0.192 e. The molecule has 275 valence electrons. The van der Waals surface area contributed by atoms with E-state index in [1.165, 1.54) is 24.3 Å². The van der Waals surface area contributed by atoms with Gasteiger partial charge in [0.15, 0.2) is 7.14 Å². The highest BCUT2D eigenvalue weighted by atomic mass is 127. The van der Waals surface area contributed by atoms with E-state index >= 15 is 0 Å². The summed E-state index contributed by atoms with van der Waals surface area (Å²) in [7, 11) is -7.73. The van der Waals surface area contributed by atoms with Crippen molar-refractivity contribution in [3.05, 3.63) is 66.8 Å². The molecular formula is C26H22F17IO3S+. The monoisotopic (exact) mass is 864 g/mol. The number of halogens is 18. The van der Waals surface area contributed by atoms with Crippen LogP contribution in [-0.4, -0.2) is 55.4 Å². The van der Waals surface area contributed by atoms with E-state index in [1.807, 2.05) is 0 Å². The van der Waals surface area contributed by atoms with Crippen molar-refractivity contribution in [2.45, 2.75) is 86.5 Å². The van der Waals surface area contributed by atoms with Gasteiger partial charge < -0.3 is 0 Å². The summed E-state index contributed by atoms with van der Waals surface area (Å²) < 4.78 is 262. The molecule has 0 saturated carbocycles. The van der Waals surface area contributed by atoms with Gasteiger partial charge in [0.1, 0.15) is 0 Å². The van der Waals surface area contributed by atoms with Gasteiger partial charge in [-0.15, -0.1) is 0 Å². The molecule has 0 aromatic heterocycles. The predicted molar refractivity (Wildman–Crippen MR) is 129 cm³/mol. The molecular weight excluding hydrogens is 842 g/mol. The molecule has 0 amide bonds. The third-order valence-corrected chi connectivity index (χ3v) is 14.0. The Kier molecular flexibility index (Phi) is 11.3. The molecule has 0 heterocycles. The Morgan fingerprint density at radius 3 is 1.02 bits per heavy atom. The van der Waals surface area contributed by atoms with Crippen molar-refractivity contribution in [2.75, 3.05) is 0 Å². The Balaban J connectivity index is 2.72. The molecule has 0 saturated heterocycles. The zero-order valence-corrected chi connectivity index (χ0v) is 27.2. The molecule has 0 bridgehead atoms. The molecule has 0 atom stereocenters. The summed E-state index contributed by atoms with van der Waals surface area (Å²) >= 11 is -4.62. The minimum Gasteiger partial charge on any atom is -0.192 e. The molecule has 0 aliphatic carbocycles. The fourth-order valence-electron chi connectivity index (χ4n) is 3.55. The molecule has 0 spiro atoms. The topological polar surface area (TPSA) is 43.4 Å². The van der Waals surface area contributed by atoms with Gasteiger partial charge in [0.05, 0.1) is 0 Å². The van der Waals surface area contributed by atoms with Crippen LogP contribution in [-0.2, 0) is 12.6 Å². The van der Waals surface area contributed by atoms with E-state index < -0.39 is 77.3 Å². The average molecular weight is 864 g/mol. The Morgan fingerprint density at radius 1 is 0.479 bits per heavy atom. The number of hydrogen-bond donors (Lipinski definition) is 0. The van der Waals surface area contributed by atoms with Gasteiger partial charge in [-0.1, -0.05) is 52.0 Å². The SMILES string of the molecule is CC(C)c1ccc([I+](OS(=O)(=O)C(F)(F)C(F)(F)C(F)(F)C(F)(F)C(F)(F)C(F)(F)C(F)(F)C(F)(F)F)c2ccc(C(C)C)cc2)cc1. The summed E-state index contributed by atoms with van der Waals surface area (Å²) in [5.41, 5.74) is 1.06. The number of rotatable bonds is 13. The van der Waals surface area contributed by atoms with E-state index in [4.69, 9.17) is 0 Å². The van der Waals surface area contributed by atoms with Crippen molar-refractivity contribution >= 4 is 10.1 Å².